The Labute approximate surface area is 170 Å². The van der Waals surface area contributed by atoms with Gasteiger partial charge in [0.05, 0.1) is 17.4 Å². The van der Waals surface area contributed by atoms with Crippen molar-refractivity contribution in [1.29, 1.82) is 0 Å². The maximum atomic E-state index is 13.0. The van der Waals surface area contributed by atoms with Crippen molar-refractivity contribution in [1.82, 2.24) is 10.3 Å². The van der Waals surface area contributed by atoms with Gasteiger partial charge in [-0.1, -0.05) is 12.1 Å². The average Bonchev–Trinajstić information content (AvgIpc) is 2.75. The fourth-order valence-corrected chi connectivity index (χ4v) is 3.03. The molecule has 0 aliphatic carbocycles. The van der Waals surface area contributed by atoms with Gasteiger partial charge in [0.15, 0.2) is 0 Å². The van der Waals surface area contributed by atoms with Crippen molar-refractivity contribution < 1.29 is 9.18 Å². The smallest absolute Gasteiger partial charge is 0.253 e. The minimum Gasteiger partial charge on any atom is -0.372 e. The zero-order valence-corrected chi connectivity index (χ0v) is 16.7. The fourth-order valence-electron chi connectivity index (χ4n) is 3.03. The lowest BCUT2D eigenvalue weighted by molar-refractivity contribution is 0.0950. The number of anilines is 3. The molecule has 3 rings (SSSR count). The highest BCUT2D eigenvalue weighted by Gasteiger charge is 2.08. The molecular formula is C23H25FN4O. The van der Waals surface area contributed by atoms with Crippen LogP contribution in [0.3, 0.4) is 0 Å². The highest BCUT2D eigenvalue weighted by atomic mass is 19.1. The molecule has 150 valence electrons. The molecule has 2 N–H and O–H groups in total. The first-order valence-corrected chi connectivity index (χ1v) is 9.68. The molecule has 1 heterocycles. The van der Waals surface area contributed by atoms with Gasteiger partial charge in [-0.05, 0) is 61.9 Å². The summed E-state index contributed by atoms with van der Waals surface area (Å²) >= 11 is 0. The largest absolute Gasteiger partial charge is 0.372 e. The summed E-state index contributed by atoms with van der Waals surface area (Å²) in [6.45, 7) is 6.51. The number of nitrogens with zero attached hydrogens (tertiary/aromatic N) is 2. The number of rotatable bonds is 8. The van der Waals surface area contributed by atoms with Gasteiger partial charge in [-0.25, -0.2) is 4.39 Å². The molecule has 0 radical (unpaired) electrons. The Hall–Kier alpha value is -3.41. The first-order chi connectivity index (χ1) is 14.1. The van der Waals surface area contributed by atoms with Crippen molar-refractivity contribution in [2.75, 3.05) is 23.3 Å². The summed E-state index contributed by atoms with van der Waals surface area (Å²) in [4.78, 5) is 18.9. The van der Waals surface area contributed by atoms with Crippen LogP contribution in [0.2, 0.25) is 0 Å². The van der Waals surface area contributed by atoms with Crippen LogP contribution in [0.25, 0.3) is 0 Å². The molecule has 3 aromatic rings. The number of carbonyl (C=O) groups excluding carboxylic acids is 1. The number of aromatic nitrogens is 1. The Balaban J connectivity index is 1.62. The summed E-state index contributed by atoms with van der Waals surface area (Å²) in [5, 5.41) is 6.10. The third-order valence-corrected chi connectivity index (χ3v) is 4.65. The van der Waals surface area contributed by atoms with Crippen LogP contribution in [-0.2, 0) is 6.54 Å². The standard InChI is InChI=1S/C23H25FN4O/c1-3-28(4-2)22-11-9-20(10-12-22)27-21-13-18(15-25-16-21)23(29)26-14-17-5-7-19(24)8-6-17/h5-13,15-16,27H,3-4,14H2,1-2H3,(H,26,29). The lowest BCUT2D eigenvalue weighted by Crippen LogP contribution is -2.23. The molecule has 6 heteroatoms. The maximum Gasteiger partial charge on any atom is 0.253 e. The van der Waals surface area contributed by atoms with Crippen LogP contribution in [0.1, 0.15) is 29.8 Å². The Morgan fingerprint density at radius 2 is 1.66 bits per heavy atom. The number of halogens is 1. The Bertz CT molecular complexity index is 938. The third-order valence-electron chi connectivity index (χ3n) is 4.65. The van der Waals surface area contributed by atoms with Gasteiger partial charge in [0.1, 0.15) is 5.82 Å². The van der Waals surface area contributed by atoms with Crippen molar-refractivity contribution in [3.8, 4) is 0 Å². The van der Waals surface area contributed by atoms with Gasteiger partial charge in [-0.2, -0.15) is 0 Å². The van der Waals surface area contributed by atoms with E-state index in [1.807, 2.05) is 12.1 Å². The van der Waals surface area contributed by atoms with Crippen molar-refractivity contribution >= 4 is 23.0 Å². The predicted octanol–water partition coefficient (Wildman–Crippen LogP) is 4.74. The molecule has 0 aliphatic rings. The van der Waals surface area contributed by atoms with Gasteiger partial charge in [0.25, 0.3) is 5.91 Å². The highest BCUT2D eigenvalue weighted by molar-refractivity contribution is 5.94. The zero-order valence-electron chi connectivity index (χ0n) is 16.7. The molecule has 0 spiro atoms. The highest BCUT2D eigenvalue weighted by Crippen LogP contribution is 2.21. The number of hydrogen-bond donors (Lipinski definition) is 2. The minimum absolute atomic E-state index is 0.234. The second-order valence-electron chi connectivity index (χ2n) is 6.62. The van der Waals surface area contributed by atoms with E-state index in [1.54, 1.807) is 24.4 Å². The zero-order chi connectivity index (χ0) is 20.6. The lowest BCUT2D eigenvalue weighted by atomic mass is 10.2. The molecule has 0 unspecified atom stereocenters. The van der Waals surface area contributed by atoms with Crippen LogP contribution in [0.15, 0.2) is 67.0 Å². The summed E-state index contributed by atoms with van der Waals surface area (Å²) in [6.07, 6.45) is 3.20. The van der Waals surface area contributed by atoms with Gasteiger partial charge in [-0.3, -0.25) is 9.78 Å². The molecule has 0 atom stereocenters. The van der Waals surface area contributed by atoms with E-state index in [0.29, 0.717) is 12.1 Å². The van der Waals surface area contributed by atoms with E-state index in [9.17, 15) is 9.18 Å². The van der Waals surface area contributed by atoms with Crippen LogP contribution >= 0.6 is 0 Å². The first kappa shape index (κ1) is 20.3. The molecule has 1 amide bonds. The van der Waals surface area contributed by atoms with Gasteiger partial charge < -0.3 is 15.5 Å². The predicted molar refractivity (Wildman–Crippen MR) is 115 cm³/mol. The monoisotopic (exact) mass is 392 g/mol. The number of nitrogens with one attached hydrogen (secondary N) is 2. The molecule has 2 aromatic carbocycles. The molecular weight excluding hydrogens is 367 g/mol. The van der Waals surface area contributed by atoms with Gasteiger partial charge in [-0.15, -0.1) is 0 Å². The van der Waals surface area contributed by atoms with E-state index in [0.717, 1.165) is 30.0 Å². The summed E-state index contributed by atoms with van der Waals surface area (Å²) in [7, 11) is 0. The number of pyridine rings is 1. The number of carbonyl (C=O) groups is 1. The van der Waals surface area contributed by atoms with Crippen molar-refractivity contribution in [3.05, 3.63) is 83.9 Å². The minimum atomic E-state index is -0.298. The average molecular weight is 392 g/mol. The maximum absolute atomic E-state index is 13.0. The molecule has 0 saturated heterocycles. The second-order valence-corrected chi connectivity index (χ2v) is 6.62. The van der Waals surface area contributed by atoms with Crippen molar-refractivity contribution in [2.24, 2.45) is 0 Å². The molecule has 0 bridgehead atoms. The van der Waals surface area contributed by atoms with E-state index in [1.165, 1.54) is 24.0 Å². The topological polar surface area (TPSA) is 57.3 Å². The van der Waals surface area contributed by atoms with Gasteiger partial charge >= 0.3 is 0 Å². The van der Waals surface area contributed by atoms with E-state index in [4.69, 9.17) is 0 Å². The third kappa shape index (κ3) is 5.54. The van der Waals surface area contributed by atoms with Crippen molar-refractivity contribution in [3.63, 3.8) is 0 Å². The summed E-state index contributed by atoms with van der Waals surface area (Å²) in [5.74, 6) is -0.532. The van der Waals surface area contributed by atoms with E-state index >= 15 is 0 Å². The normalized spacial score (nSPS) is 10.4. The Kier molecular flexibility index (Phi) is 6.79. The molecule has 29 heavy (non-hydrogen) atoms. The number of amides is 1. The Morgan fingerprint density at radius 1 is 0.966 bits per heavy atom. The molecule has 0 saturated carbocycles. The summed E-state index contributed by atoms with van der Waals surface area (Å²) in [5.41, 5.74) is 4.11. The van der Waals surface area contributed by atoms with Crippen LogP contribution < -0.4 is 15.5 Å². The number of hydrogen-bond acceptors (Lipinski definition) is 4. The number of benzene rings is 2. The first-order valence-electron chi connectivity index (χ1n) is 9.68. The van der Waals surface area contributed by atoms with Gasteiger partial charge in [0, 0.05) is 37.2 Å². The lowest BCUT2D eigenvalue weighted by Gasteiger charge is -2.21. The van der Waals surface area contributed by atoms with Crippen LogP contribution in [0.4, 0.5) is 21.5 Å². The quantitative estimate of drug-likeness (QED) is 0.581. The van der Waals surface area contributed by atoms with Crippen LogP contribution in [-0.4, -0.2) is 24.0 Å². The molecule has 0 fully saturated rings. The van der Waals surface area contributed by atoms with Crippen LogP contribution in [0.5, 0.6) is 0 Å². The van der Waals surface area contributed by atoms with Gasteiger partial charge in [0.2, 0.25) is 0 Å². The molecule has 0 aliphatic heterocycles. The van der Waals surface area contributed by atoms with E-state index in [2.05, 4.69) is 46.5 Å². The fraction of sp³-hybridized carbons (Fsp3) is 0.217. The van der Waals surface area contributed by atoms with E-state index in [-0.39, 0.29) is 11.7 Å². The Morgan fingerprint density at radius 3 is 2.31 bits per heavy atom. The SMILES string of the molecule is CCN(CC)c1ccc(Nc2cncc(C(=O)NCc3ccc(F)cc3)c2)cc1. The molecule has 1 aromatic heterocycles. The van der Waals surface area contributed by atoms with Crippen LogP contribution in [0, 0.1) is 5.82 Å². The molecule has 5 nitrogen and oxygen atoms in total. The van der Waals surface area contributed by atoms with E-state index < -0.39 is 0 Å². The summed E-state index contributed by atoms with van der Waals surface area (Å²) in [6, 6.07) is 16.0. The summed E-state index contributed by atoms with van der Waals surface area (Å²) < 4.78 is 13.0. The van der Waals surface area contributed by atoms with Crippen molar-refractivity contribution in [2.45, 2.75) is 20.4 Å². The second kappa shape index (κ2) is 9.68.